The van der Waals surface area contributed by atoms with Gasteiger partial charge >= 0.3 is 0 Å². The molecule has 0 bridgehead atoms. The summed E-state index contributed by atoms with van der Waals surface area (Å²) in [5, 5.41) is 2.63. The highest BCUT2D eigenvalue weighted by Gasteiger charge is 2.32. The Labute approximate surface area is 201 Å². The SMILES string of the molecule is C=CCN1C(=O)/C(=C/c2ccc(OCc3ccc(I)cc3)c(I)c2)C(=O)NC1=S. The van der Waals surface area contributed by atoms with Crippen LogP contribution in [0.25, 0.3) is 6.08 Å². The number of hydrogen-bond acceptors (Lipinski definition) is 4. The Bertz CT molecular complexity index is 1020. The Morgan fingerprint density at radius 3 is 2.52 bits per heavy atom. The van der Waals surface area contributed by atoms with Crippen LogP contribution in [-0.4, -0.2) is 28.4 Å². The minimum atomic E-state index is -0.505. The second-order valence-corrected chi connectivity index (χ2v) is 8.92. The molecule has 0 aliphatic carbocycles. The maximum absolute atomic E-state index is 12.6. The van der Waals surface area contributed by atoms with Crippen molar-refractivity contribution < 1.29 is 14.3 Å². The number of carbonyl (C=O) groups excluding carboxylic acids is 2. The first-order valence-electron chi connectivity index (χ1n) is 8.55. The van der Waals surface area contributed by atoms with Crippen molar-refractivity contribution >= 4 is 80.4 Å². The summed E-state index contributed by atoms with van der Waals surface area (Å²) in [5.41, 5.74) is 1.83. The third-order valence-corrected chi connectivity index (χ3v) is 5.96. The number of rotatable bonds is 6. The van der Waals surface area contributed by atoms with Crippen LogP contribution in [0.5, 0.6) is 5.75 Å². The van der Waals surface area contributed by atoms with Gasteiger partial charge in [-0.1, -0.05) is 24.3 Å². The summed E-state index contributed by atoms with van der Waals surface area (Å²) >= 11 is 9.50. The molecular formula is C21H16I2N2O3S. The van der Waals surface area contributed by atoms with Gasteiger partial charge in [0.2, 0.25) is 0 Å². The lowest BCUT2D eigenvalue weighted by atomic mass is 10.1. The zero-order chi connectivity index (χ0) is 21.0. The maximum Gasteiger partial charge on any atom is 0.265 e. The van der Waals surface area contributed by atoms with Gasteiger partial charge in [0, 0.05) is 10.1 Å². The molecule has 29 heavy (non-hydrogen) atoms. The zero-order valence-corrected chi connectivity index (χ0v) is 20.3. The molecule has 2 aromatic carbocycles. The predicted octanol–water partition coefficient (Wildman–Crippen LogP) is 4.29. The van der Waals surface area contributed by atoms with E-state index in [2.05, 4.69) is 57.1 Å². The quantitative estimate of drug-likeness (QED) is 0.170. The number of nitrogens with zero attached hydrogens (tertiary/aromatic N) is 1. The molecule has 1 fully saturated rings. The van der Waals surface area contributed by atoms with Crippen molar-refractivity contribution in [2.45, 2.75) is 6.61 Å². The van der Waals surface area contributed by atoms with Crippen molar-refractivity contribution in [2.75, 3.05) is 6.54 Å². The highest BCUT2D eigenvalue weighted by molar-refractivity contribution is 14.1. The lowest BCUT2D eigenvalue weighted by molar-refractivity contribution is -0.128. The van der Waals surface area contributed by atoms with Gasteiger partial charge < -0.3 is 4.74 Å². The fourth-order valence-corrected chi connectivity index (χ4v) is 3.93. The van der Waals surface area contributed by atoms with Gasteiger partial charge in [0.25, 0.3) is 11.8 Å². The third-order valence-electron chi connectivity index (χ3n) is 4.07. The number of carbonyl (C=O) groups is 2. The first kappa shape index (κ1) is 21.9. The molecule has 1 aliphatic rings. The molecule has 8 heteroatoms. The fourth-order valence-electron chi connectivity index (χ4n) is 2.62. The number of thiocarbonyl (C=S) groups is 1. The summed E-state index contributed by atoms with van der Waals surface area (Å²) in [6.07, 6.45) is 3.11. The van der Waals surface area contributed by atoms with Gasteiger partial charge in [-0.25, -0.2) is 0 Å². The van der Waals surface area contributed by atoms with Gasteiger partial charge in [-0.2, -0.15) is 0 Å². The number of nitrogens with one attached hydrogen (secondary N) is 1. The van der Waals surface area contributed by atoms with E-state index >= 15 is 0 Å². The van der Waals surface area contributed by atoms with Crippen molar-refractivity contribution in [2.24, 2.45) is 0 Å². The molecule has 0 atom stereocenters. The number of amides is 2. The van der Waals surface area contributed by atoms with Gasteiger partial charge in [-0.15, -0.1) is 6.58 Å². The highest BCUT2D eigenvalue weighted by Crippen LogP contribution is 2.25. The second kappa shape index (κ2) is 9.81. The van der Waals surface area contributed by atoms with Crippen molar-refractivity contribution in [3.8, 4) is 5.75 Å². The van der Waals surface area contributed by atoms with E-state index in [1.165, 1.54) is 8.47 Å². The minimum Gasteiger partial charge on any atom is -0.488 e. The second-order valence-electron chi connectivity index (χ2n) is 6.13. The number of benzene rings is 2. The van der Waals surface area contributed by atoms with Crippen LogP contribution < -0.4 is 10.1 Å². The Kier molecular flexibility index (Phi) is 7.41. The summed E-state index contributed by atoms with van der Waals surface area (Å²) in [5.74, 6) is -0.206. The lowest BCUT2D eigenvalue weighted by Gasteiger charge is -2.27. The summed E-state index contributed by atoms with van der Waals surface area (Å²) < 4.78 is 7.95. The molecule has 5 nitrogen and oxygen atoms in total. The van der Waals surface area contributed by atoms with Crippen molar-refractivity contribution in [1.82, 2.24) is 10.2 Å². The van der Waals surface area contributed by atoms with E-state index in [1.807, 2.05) is 42.5 Å². The summed E-state index contributed by atoms with van der Waals surface area (Å²) in [6.45, 7) is 4.31. The fraction of sp³-hybridized carbons (Fsp3) is 0.0952. The predicted molar refractivity (Wildman–Crippen MR) is 133 cm³/mol. The number of halogens is 2. The molecule has 1 saturated heterocycles. The molecule has 0 spiro atoms. The standard InChI is InChI=1S/C21H16I2N2O3S/c1-2-9-25-20(27)16(19(26)24-21(25)29)10-14-5-8-18(17(23)11-14)28-12-13-3-6-15(22)7-4-13/h2-8,10-11H,1,9,12H2,(H,24,26,29)/b16-10+. The normalized spacial score (nSPS) is 15.4. The topological polar surface area (TPSA) is 58.6 Å². The first-order chi connectivity index (χ1) is 13.9. The lowest BCUT2D eigenvalue weighted by Crippen LogP contribution is -2.53. The van der Waals surface area contributed by atoms with E-state index in [9.17, 15) is 9.59 Å². The minimum absolute atomic E-state index is 0.0313. The van der Waals surface area contributed by atoms with Gasteiger partial charge in [0.05, 0.1) is 3.57 Å². The molecule has 0 aromatic heterocycles. The first-order valence-corrected chi connectivity index (χ1v) is 11.1. The van der Waals surface area contributed by atoms with Crippen LogP contribution in [0, 0.1) is 7.14 Å². The van der Waals surface area contributed by atoms with Gasteiger partial charge in [0.15, 0.2) is 5.11 Å². The molecule has 2 amide bonds. The Morgan fingerprint density at radius 1 is 1.14 bits per heavy atom. The van der Waals surface area contributed by atoms with Gasteiger partial charge in [-0.3, -0.25) is 19.8 Å². The van der Waals surface area contributed by atoms with Crippen LogP contribution in [0.2, 0.25) is 0 Å². The number of hydrogen-bond donors (Lipinski definition) is 1. The summed E-state index contributed by atoms with van der Waals surface area (Å²) in [4.78, 5) is 26.2. The Hall–Kier alpha value is -1.79. The van der Waals surface area contributed by atoms with Crippen LogP contribution in [0.3, 0.4) is 0 Å². The monoisotopic (exact) mass is 630 g/mol. The van der Waals surface area contributed by atoms with Crippen LogP contribution in [0.4, 0.5) is 0 Å². The molecule has 0 unspecified atom stereocenters. The zero-order valence-electron chi connectivity index (χ0n) is 15.2. The van der Waals surface area contributed by atoms with E-state index in [-0.39, 0.29) is 17.2 Å². The molecule has 1 N–H and O–H groups in total. The number of ether oxygens (including phenoxy) is 1. The molecule has 3 rings (SSSR count). The molecule has 148 valence electrons. The van der Waals surface area contributed by atoms with Crippen LogP contribution in [0.1, 0.15) is 11.1 Å². The molecule has 0 radical (unpaired) electrons. The maximum atomic E-state index is 12.6. The molecule has 2 aromatic rings. The summed E-state index contributed by atoms with van der Waals surface area (Å²) in [6, 6.07) is 13.6. The smallest absolute Gasteiger partial charge is 0.265 e. The van der Waals surface area contributed by atoms with Crippen molar-refractivity contribution in [3.63, 3.8) is 0 Å². The van der Waals surface area contributed by atoms with E-state index < -0.39 is 11.8 Å². The van der Waals surface area contributed by atoms with Crippen molar-refractivity contribution in [3.05, 3.63) is 79.0 Å². The largest absolute Gasteiger partial charge is 0.488 e. The van der Waals surface area contributed by atoms with Gasteiger partial charge in [-0.05, 0) is 98.9 Å². The average molecular weight is 630 g/mol. The third kappa shape index (κ3) is 5.43. The Balaban J connectivity index is 1.77. The molecule has 1 heterocycles. The van der Waals surface area contributed by atoms with E-state index in [0.29, 0.717) is 6.61 Å². The van der Waals surface area contributed by atoms with Crippen LogP contribution in [0.15, 0.2) is 60.7 Å². The van der Waals surface area contributed by atoms with E-state index in [4.69, 9.17) is 17.0 Å². The van der Waals surface area contributed by atoms with Crippen LogP contribution >= 0.6 is 57.4 Å². The summed E-state index contributed by atoms with van der Waals surface area (Å²) in [7, 11) is 0. The van der Waals surface area contributed by atoms with Crippen molar-refractivity contribution in [1.29, 1.82) is 0 Å². The van der Waals surface area contributed by atoms with E-state index in [1.54, 1.807) is 12.2 Å². The van der Waals surface area contributed by atoms with E-state index in [0.717, 1.165) is 20.4 Å². The highest BCUT2D eigenvalue weighted by atomic mass is 127. The Morgan fingerprint density at radius 2 is 1.86 bits per heavy atom. The van der Waals surface area contributed by atoms with Gasteiger partial charge in [0.1, 0.15) is 17.9 Å². The average Bonchev–Trinajstić information content (AvgIpc) is 2.69. The molecule has 0 saturated carbocycles. The molecular weight excluding hydrogens is 614 g/mol. The molecule has 1 aliphatic heterocycles. The van der Waals surface area contributed by atoms with Crippen LogP contribution in [-0.2, 0) is 16.2 Å².